The number of aryl methyl sites for hydroxylation is 6. The Balaban J connectivity index is 0.000000163. The summed E-state index contributed by atoms with van der Waals surface area (Å²) in [4.78, 5) is 12.3. The summed E-state index contributed by atoms with van der Waals surface area (Å²) < 4.78 is 0. The molecule has 40 heavy (non-hydrogen) atoms. The summed E-state index contributed by atoms with van der Waals surface area (Å²) in [5, 5.41) is 37.7. The van der Waals surface area contributed by atoms with Crippen LogP contribution in [0, 0.1) is 41.5 Å². The average molecular weight is 544 g/mol. The molecule has 0 radical (unpaired) electrons. The Morgan fingerprint density at radius 2 is 0.675 bits per heavy atom. The van der Waals surface area contributed by atoms with Crippen LogP contribution in [-0.2, 0) is 0 Å². The van der Waals surface area contributed by atoms with Crippen molar-refractivity contribution in [1.82, 2.24) is 15.0 Å². The van der Waals surface area contributed by atoms with Crippen LogP contribution >= 0.6 is 0 Å². The van der Waals surface area contributed by atoms with E-state index in [1.54, 1.807) is 18.6 Å². The predicted octanol–water partition coefficient (Wildman–Crippen LogP) is 5.39. The first-order valence-electron chi connectivity index (χ1n) is 12.7. The van der Waals surface area contributed by atoms with Crippen LogP contribution in [0.25, 0.3) is 32.7 Å². The second-order valence-corrected chi connectivity index (χ2v) is 9.72. The molecule has 0 atom stereocenters. The van der Waals surface area contributed by atoms with Crippen molar-refractivity contribution in [1.29, 1.82) is 0 Å². The zero-order valence-corrected chi connectivity index (χ0v) is 24.7. The molecule has 6 aromatic rings. The molecule has 6 nitrogen and oxygen atoms in total. The molecule has 0 N–H and O–H groups in total. The minimum absolute atomic E-state index is 0. The van der Waals surface area contributed by atoms with E-state index in [4.69, 9.17) is 0 Å². The summed E-state index contributed by atoms with van der Waals surface area (Å²) in [6.07, 6.45) is 4.97. The van der Waals surface area contributed by atoms with Gasteiger partial charge in [0.1, 0.15) is 0 Å². The van der Waals surface area contributed by atoms with Crippen molar-refractivity contribution in [3.63, 3.8) is 0 Å². The first-order chi connectivity index (χ1) is 18.6. The van der Waals surface area contributed by atoms with Crippen molar-refractivity contribution >= 4 is 50.1 Å². The van der Waals surface area contributed by atoms with Crippen LogP contribution in [0.1, 0.15) is 33.4 Å². The van der Waals surface area contributed by atoms with Crippen LogP contribution in [0.5, 0.6) is 17.2 Å². The summed E-state index contributed by atoms with van der Waals surface area (Å²) in [5.74, 6) is 0.128. The van der Waals surface area contributed by atoms with Gasteiger partial charge < -0.3 is 15.3 Å². The normalized spacial score (nSPS) is 10.3. The fourth-order valence-corrected chi connectivity index (χ4v) is 4.68. The largest absolute Gasteiger partial charge is 3.00 e. The van der Waals surface area contributed by atoms with E-state index >= 15 is 0 Å². The fourth-order valence-electron chi connectivity index (χ4n) is 4.68. The standard InChI is InChI=1S/3C11H11NO.Al/c3*1-7-6-8(2)11(13)10-9(7)4-3-5-12-10;/h3*3-6,13H,1-2H3;/q;;;+3/p-3. The van der Waals surface area contributed by atoms with E-state index < -0.39 is 0 Å². The number of benzene rings is 3. The first kappa shape index (κ1) is 30.4. The van der Waals surface area contributed by atoms with Crippen LogP contribution in [-0.4, -0.2) is 32.3 Å². The summed E-state index contributed by atoms with van der Waals surface area (Å²) in [7, 11) is 0. The number of pyridine rings is 3. The third kappa shape index (κ3) is 6.17. The van der Waals surface area contributed by atoms with Gasteiger partial charge >= 0.3 is 17.4 Å². The van der Waals surface area contributed by atoms with Gasteiger partial charge in [-0.05, 0) is 76.4 Å². The van der Waals surface area contributed by atoms with Crippen molar-refractivity contribution in [2.75, 3.05) is 0 Å². The summed E-state index contributed by atoms with van der Waals surface area (Å²) in [6, 6.07) is 17.1. The molecule has 3 aromatic heterocycles. The van der Waals surface area contributed by atoms with Gasteiger partial charge in [-0.2, -0.15) is 0 Å². The van der Waals surface area contributed by atoms with Gasteiger partial charge in [0.25, 0.3) is 0 Å². The Labute approximate surface area is 245 Å². The van der Waals surface area contributed by atoms with Gasteiger partial charge in [0.05, 0.1) is 16.6 Å². The smallest absolute Gasteiger partial charge is 0.871 e. The Hall–Kier alpha value is -4.18. The van der Waals surface area contributed by atoms with E-state index in [9.17, 15) is 15.3 Å². The van der Waals surface area contributed by atoms with Crippen molar-refractivity contribution in [3.8, 4) is 17.2 Å². The molecule has 0 aliphatic heterocycles. The molecule has 0 aliphatic rings. The Morgan fingerprint density at radius 3 is 0.925 bits per heavy atom. The number of rotatable bonds is 0. The topological polar surface area (TPSA) is 108 Å². The second kappa shape index (κ2) is 12.8. The zero-order valence-electron chi connectivity index (χ0n) is 23.6. The van der Waals surface area contributed by atoms with Crippen LogP contribution < -0.4 is 15.3 Å². The molecule has 0 fully saturated rings. The van der Waals surface area contributed by atoms with Crippen LogP contribution in [0.4, 0.5) is 0 Å². The van der Waals surface area contributed by atoms with Crippen LogP contribution in [0.2, 0.25) is 0 Å². The number of nitrogens with zero attached hydrogens (tertiary/aromatic N) is 3. The molecule has 6 rings (SSSR count). The van der Waals surface area contributed by atoms with Crippen LogP contribution in [0.3, 0.4) is 0 Å². The van der Waals surface area contributed by atoms with Gasteiger partial charge in [-0.1, -0.05) is 70.3 Å². The van der Waals surface area contributed by atoms with Crippen molar-refractivity contribution in [3.05, 3.63) is 107 Å². The number of aromatic nitrogens is 3. The van der Waals surface area contributed by atoms with E-state index in [1.165, 1.54) is 0 Å². The van der Waals surface area contributed by atoms with E-state index in [0.717, 1.165) is 49.5 Å². The monoisotopic (exact) mass is 543 g/mol. The third-order valence-corrected chi connectivity index (χ3v) is 6.72. The number of fused-ring (bicyclic) bond motifs is 3. The molecule has 198 valence electrons. The quantitative estimate of drug-likeness (QED) is 0.238. The van der Waals surface area contributed by atoms with E-state index in [-0.39, 0.29) is 34.6 Å². The molecule has 0 aliphatic carbocycles. The maximum Gasteiger partial charge on any atom is 3.00 e. The fraction of sp³-hybridized carbons (Fsp3) is 0.182. The van der Waals surface area contributed by atoms with Gasteiger partial charge in [0, 0.05) is 34.7 Å². The Morgan fingerprint density at radius 1 is 0.425 bits per heavy atom. The Bertz CT molecular complexity index is 1610. The summed E-state index contributed by atoms with van der Waals surface area (Å²) >= 11 is 0. The van der Waals surface area contributed by atoms with Crippen molar-refractivity contribution in [2.45, 2.75) is 41.5 Å². The summed E-state index contributed by atoms with van der Waals surface area (Å²) in [6.45, 7) is 11.5. The third-order valence-electron chi connectivity index (χ3n) is 6.72. The van der Waals surface area contributed by atoms with Crippen molar-refractivity contribution in [2.24, 2.45) is 0 Å². The van der Waals surface area contributed by atoms with Gasteiger partial charge in [-0.3, -0.25) is 15.0 Å². The second-order valence-electron chi connectivity index (χ2n) is 9.72. The SMILES string of the molecule is Cc1cc(C)c2cccnc2c1[O-].Cc1cc(C)c2cccnc2c1[O-].Cc1cc(C)c2cccnc2c1[O-].[Al+3]. The average Bonchev–Trinajstić information content (AvgIpc) is 2.94. The summed E-state index contributed by atoms with van der Waals surface area (Å²) in [5.41, 5.74) is 7.39. The van der Waals surface area contributed by atoms with Gasteiger partial charge in [-0.25, -0.2) is 0 Å². The van der Waals surface area contributed by atoms with Gasteiger partial charge in [0.15, 0.2) is 0 Å². The molecule has 0 saturated carbocycles. The molecule has 0 unspecified atom stereocenters. The molecular formula is C33H30AlN3O3. The Kier molecular flexibility index (Phi) is 9.70. The van der Waals surface area contributed by atoms with Gasteiger partial charge in [-0.15, -0.1) is 0 Å². The number of hydrogen-bond acceptors (Lipinski definition) is 6. The van der Waals surface area contributed by atoms with Gasteiger partial charge in [0.2, 0.25) is 0 Å². The molecule has 0 saturated heterocycles. The minimum Gasteiger partial charge on any atom is -0.871 e. The first-order valence-corrected chi connectivity index (χ1v) is 12.7. The minimum atomic E-state index is 0. The number of hydrogen-bond donors (Lipinski definition) is 0. The molecule has 3 heterocycles. The maximum atomic E-state index is 11.6. The molecule has 7 heteroatoms. The predicted molar refractivity (Wildman–Crippen MR) is 158 cm³/mol. The molecular weight excluding hydrogens is 513 g/mol. The molecule has 3 aromatic carbocycles. The van der Waals surface area contributed by atoms with E-state index in [1.807, 2.05) is 96.1 Å². The van der Waals surface area contributed by atoms with Crippen molar-refractivity contribution < 1.29 is 15.3 Å². The maximum absolute atomic E-state index is 11.6. The van der Waals surface area contributed by atoms with E-state index in [2.05, 4.69) is 15.0 Å². The molecule has 0 bridgehead atoms. The van der Waals surface area contributed by atoms with E-state index in [0.29, 0.717) is 16.6 Å². The zero-order chi connectivity index (χ0) is 28.3. The van der Waals surface area contributed by atoms with Crippen LogP contribution in [0.15, 0.2) is 73.2 Å². The molecule has 0 amide bonds. The molecule has 0 spiro atoms.